The van der Waals surface area contributed by atoms with E-state index in [-0.39, 0.29) is 5.91 Å². The van der Waals surface area contributed by atoms with E-state index in [4.69, 9.17) is 4.74 Å². The van der Waals surface area contributed by atoms with E-state index in [0.717, 1.165) is 43.0 Å². The number of benzene rings is 2. The molecular formula is C22H24N4O2. The van der Waals surface area contributed by atoms with Crippen molar-refractivity contribution in [3.63, 3.8) is 0 Å². The zero-order chi connectivity index (χ0) is 19.3. The zero-order valence-corrected chi connectivity index (χ0v) is 15.9. The molecule has 1 N–H and O–H groups in total. The Bertz CT molecular complexity index is 905. The number of methoxy groups -OCH3 is 1. The Hall–Kier alpha value is -3.12. The van der Waals surface area contributed by atoms with Gasteiger partial charge in [-0.1, -0.05) is 12.1 Å². The number of rotatable bonds is 6. The number of carbonyl (C=O) groups excluding carboxylic acids is 1. The number of hydrogen-bond donors (Lipinski definition) is 1. The van der Waals surface area contributed by atoms with Crippen molar-refractivity contribution in [2.75, 3.05) is 30.4 Å². The lowest BCUT2D eigenvalue weighted by atomic mass is 10.1. The van der Waals surface area contributed by atoms with Gasteiger partial charge in [0.15, 0.2) is 0 Å². The average Bonchev–Trinajstić information content (AvgIpc) is 3.41. The van der Waals surface area contributed by atoms with Crippen LogP contribution in [0.25, 0.3) is 0 Å². The Balaban J connectivity index is 1.35. The minimum atomic E-state index is -0.109. The number of imidazole rings is 1. The molecule has 6 heteroatoms. The summed E-state index contributed by atoms with van der Waals surface area (Å²) < 4.78 is 7.41. The standard InChI is InChI=1S/C22H24N4O2/c1-28-21-10-12-26(15-21)20-8-6-19(7-9-20)24-22(27)18-4-2-17(3-5-18)14-25-13-11-23-16-25/h2-9,11,13,16,21H,10,12,14-15H2,1H3,(H,24,27). The van der Waals surface area contributed by atoms with Crippen LogP contribution in [0.5, 0.6) is 0 Å². The summed E-state index contributed by atoms with van der Waals surface area (Å²) in [5.41, 5.74) is 3.71. The quantitative estimate of drug-likeness (QED) is 0.716. The number of aromatic nitrogens is 2. The molecule has 0 saturated carbocycles. The van der Waals surface area contributed by atoms with Crippen LogP contribution < -0.4 is 10.2 Å². The van der Waals surface area contributed by atoms with Gasteiger partial charge in [-0.15, -0.1) is 0 Å². The van der Waals surface area contributed by atoms with E-state index in [1.165, 1.54) is 0 Å². The van der Waals surface area contributed by atoms with E-state index < -0.39 is 0 Å². The molecule has 1 unspecified atom stereocenters. The number of nitrogens with one attached hydrogen (secondary N) is 1. The van der Waals surface area contributed by atoms with Gasteiger partial charge in [0.1, 0.15) is 0 Å². The molecule has 0 spiro atoms. The Kier molecular flexibility index (Phi) is 5.39. The van der Waals surface area contributed by atoms with Gasteiger partial charge in [0.2, 0.25) is 0 Å². The minimum Gasteiger partial charge on any atom is -0.380 e. The van der Waals surface area contributed by atoms with Crippen molar-refractivity contribution in [2.45, 2.75) is 19.1 Å². The maximum atomic E-state index is 12.5. The Morgan fingerprint density at radius 3 is 2.61 bits per heavy atom. The van der Waals surface area contributed by atoms with E-state index in [1.807, 2.05) is 59.3 Å². The van der Waals surface area contributed by atoms with Crippen LogP contribution in [0, 0.1) is 0 Å². The third-order valence-corrected chi connectivity index (χ3v) is 5.11. The molecule has 1 aromatic heterocycles. The van der Waals surface area contributed by atoms with Gasteiger partial charge in [-0.25, -0.2) is 4.98 Å². The molecule has 4 rings (SSSR count). The molecule has 2 heterocycles. The van der Waals surface area contributed by atoms with Crippen LogP contribution in [0.2, 0.25) is 0 Å². The third-order valence-electron chi connectivity index (χ3n) is 5.11. The molecule has 28 heavy (non-hydrogen) atoms. The lowest BCUT2D eigenvalue weighted by Crippen LogP contribution is -2.22. The normalized spacial score (nSPS) is 16.3. The van der Waals surface area contributed by atoms with Crippen LogP contribution in [0.3, 0.4) is 0 Å². The minimum absolute atomic E-state index is 0.109. The van der Waals surface area contributed by atoms with Gasteiger partial charge in [0.05, 0.1) is 12.4 Å². The second kappa shape index (κ2) is 8.27. The number of carbonyl (C=O) groups is 1. The van der Waals surface area contributed by atoms with E-state index in [0.29, 0.717) is 11.7 Å². The first-order valence-electron chi connectivity index (χ1n) is 9.45. The van der Waals surface area contributed by atoms with Gasteiger partial charge in [-0.3, -0.25) is 4.79 Å². The number of ether oxygens (including phenoxy) is 1. The van der Waals surface area contributed by atoms with Crippen molar-refractivity contribution in [3.05, 3.63) is 78.4 Å². The van der Waals surface area contributed by atoms with E-state index in [9.17, 15) is 4.79 Å². The fraction of sp³-hybridized carbons (Fsp3) is 0.273. The molecule has 1 aliphatic rings. The second-order valence-electron chi connectivity index (χ2n) is 7.03. The van der Waals surface area contributed by atoms with Gasteiger partial charge in [0.25, 0.3) is 5.91 Å². The third kappa shape index (κ3) is 4.23. The van der Waals surface area contributed by atoms with E-state index in [1.54, 1.807) is 19.6 Å². The Labute approximate surface area is 164 Å². The van der Waals surface area contributed by atoms with Gasteiger partial charge in [-0.2, -0.15) is 0 Å². The zero-order valence-electron chi connectivity index (χ0n) is 15.9. The largest absolute Gasteiger partial charge is 0.380 e. The first-order valence-corrected chi connectivity index (χ1v) is 9.45. The van der Waals surface area contributed by atoms with Gasteiger partial charge in [0, 0.05) is 56.1 Å². The van der Waals surface area contributed by atoms with Crippen LogP contribution in [0.15, 0.2) is 67.3 Å². The fourth-order valence-corrected chi connectivity index (χ4v) is 3.47. The summed E-state index contributed by atoms with van der Waals surface area (Å²) in [6, 6.07) is 15.6. The molecule has 2 aromatic carbocycles. The molecule has 1 amide bonds. The second-order valence-corrected chi connectivity index (χ2v) is 7.03. The van der Waals surface area contributed by atoms with Gasteiger partial charge in [-0.05, 0) is 48.4 Å². The summed E-state index contributed by atoms with van der Waals surface area (Å²) >= 11 is 0. The predicted molar refractivity (Wildman–Crippen MR) is 110 cm³/mol. The van der Waals surface area contributed by atoms with Crippen molar-refractivity contribution in [3.8, 4) is 0 Å². The molecule has 1 aliphatic heterocycles. The van der Waals surface area contributed by atoms with Crippen LogP contribution in [-0.2, 0) is 11.3 Å². The molecule has 0 bridgehead atoms. The van der Waals surface area contributed by atoms with Crippen LogP contribution in [0.4, 0.5) is 11.4 Å². The SMILES string of the molecule is COC1CCN(c2ccc(NC(=O)c3ccc(Cn4ccnc4)cc3)cc2)C1. The summed E-state index contributed by atoms with van der Waals surface area (Å²) in [5.74, 6) is -0.109. The Morgan fingerprint density at radius 1 is 1.18 bits per heavy atom. The summed E-state index contributed by atoms with van der Waals surface area (Å²) in [6.45, 7) is 2.65. The molecule has 1 saturated heterocycles. The van der Waals surface area contributed by atoms with Crippen molar-refractivity contribution in [1.82, 2.24) is 9.55 Å². The molecule has 144 valence electrons. The predicted octanol–water partition coefficient (Wildman–Crippen LogP) is 3.41. The highest BCUT2D eigenvalue weighted by Crippen LogP contribution is 2.23. The average molecular weight is 376 g/mol. The summed E-state index contributed by atoms with van der Waals surface area (Å²) in [4.78, 5) is 18.9. The van der Waals surface area contributed by atoms with Crippen molar-refractivity contribution < 1.29 is 9.53 Å². The van der Waals surface area contributed by atoms with Crippen molar-refractivity contribution >= 4 is 17.3 Å². The van der Waals surface area contributed by atoms with E-state index >= 15 is 0 Å². The number of anilines is 2. The highest BCUT2D eigenvalue weighted by Gasteiger charge is 2.22. The van der Waals surface area contributed by atoms with Gasteiger partial charge >= 0.3 is 0 Å². The number of hydrogen-bond acceptors (Lipinski definition) is 4. The topological polar surface area (TPSA) is 59.4 Å². The molecule has 0 aliphatic carbocycles. The highest BCUT2D eigenvalue weighted by molar-refractivity contribution is 6.04. The van der Waals surface area contributed by atoms with Gasteiger partial charge < -0.3 is 19.5 Å². The van der Waals surface area contributed by atoms with Crippen LogP contribution >= 0.6 is 0 Å². The number of amides is 1. The number of nitrogens with zero attached hydrogens (tertiary/aromatic N) is 3. The smallest absolute Gasteiger partial charge is 0.255 e. The highest BCUT2D eigenvalue weighted by atomic mass is 16.5. The molecule has 0 radical (unpaired) electrons. The van der Waals surface area contributed by atoms with E-state index in [2.05, 4.69) is 15.2 Å². The lowest BCUT2D eigenvalue weighted by Gasteiger charge is -2.18. The first kappa shape index (κ1) is 18.3. The van der Waals surface area contributed by atoms with Crippen molar-refractivity contribution in [1.29, 1.82) is 0 Å². The first-order chi connectivity index (χ1) is 13.7. The molecular weight excluding hydrogens is 352 g/mol. The molecule has 3 aromatic rings. The Morgan fingerprint density at radius 2 is 1.96 bits per heavy atom. The molecule has 1 atom stereocenters. The maximum absolute atomic E-state index is 12.5. The summed E-state index contributed by atoms with van der Waals surface area (Å²) in [7, 11) is 1.76. The summed E-state index contributed by atoms with van der Waals surface area (Å²) in [5, 5.41) is 2.96. The fourth-order valence-electron chi connectivity index (χ4n) is 3.47. The monoisotopic (exact) mass is 376 g/mol. The maximum Gasteiger partial charge on any atom is 0.255 e. The molecule has 6 nitrogen and oxygen atoms in total. The van der Waals surface area contributed by atoms with Crippen LogP contribution in [0.1, 0.15) is 22.3 Å². The van der Waals surface area contributed by atoms with Crippen LogP contribution in [-0.4, -0.2) is 41.8 Å². The van der Waals surface area contributed by atoms with Crippen molar-refractivity contribution in [2.24, 2.45) is 0 Å². The lowest BCUT2D eigenvalue weighted by molar-refractivity contribution is 0.102. The summed E-state index contributed by atoms with van der Waals surface area (Å²) in [6.07, 6.45) is 6.80. The molecule has 1 fully saturated rings.